The standard InChI is InChI=1S/C22H19N5OS/c1-26(2)16-9-7-15(8-10-16)19-14-27-11-3-5-17(21(27)24-19)22(28)25-18(13-23)20-6-4-12-29-20/h3-12,14,18H,1-2H3,(H,25,28). The summed E-state index contributed by atoms with van der Waals surface area (Å²) in [6, 6.07) is 16.8. The molecule has 1 unspecified atom stereocenters. The van der Waals surface area contributed by atoms with E-state index in [2.05, 4.69) is 16.4 Å². The van der Waals surface area contributed by atoms with Crippen LogP contribution in [0.2, 0.25) is 0 Å². The lowest BCUT2D eigenvalue weighted by molar-refractivity contribution is 0.0947. The van der Waals surface area contributed by atoms with Crippen molar-refractivity contribution in [1.29, 1.82) is 5.26 Å². The van der Waals surface area contributed by atoms with E-state index in [4.69, 9.17) is 0 Å². The molecule has 0 bridgehead atoms. The molecule has 4 aromatic rings. The second-order valence-electron chi connectivity index (χ2n) is 6.77. The van der Waals surface area contributed by atoms with Crippen LogP contribution in [0.15, 0.2) is 66.3 Å². The minimum absolute atomic E-state index is 0.323. The van der Waals surface area contributed by atoms with E-state index < -0.39 is 6.04 Å². The summed E-state index contributed by atoms with van der Waals surface area (Å²) >= 11 is 1.44. The molecule has 6 nitrogen and oxygen atoms in total. The number of amides is 1. The number of aromatic nitrogens is 2. The molecule has 1 N–H and O–H groups in total. The van der Waals surface area contributed by atoms with Crippen molar-refractivity contribution in [3.63, 3.8) is 0 Å². The van der Waals surface area contributed by atoms with Gasteiger partial charge in [-0.1, -0.05) is 18.2 Å². The first-order valence-corrected chi connectivity index (χ1v) is 9.94. The summed E-state index contributed by atoms with van der Waals surface area (Å²) in [5.74, 6) is -0.323. The third-order valence-corrected chi connectivity index (χ3v) is 5.58. The molecule has 1 aromatic carbocycles. The highest BCUT2D eigenvalue weighted by Gasteiger charge is 2.19. The molecule has 0 spiro atoms. The van der Waals surface area contributed by atoms with Crippen molar-refractivity contribution in [3.05, 3.63) is 76.7 Å². The van der Waals surface area contributed by atoms with Crippen LogP contribution in [0.3, 0.4) is 0 Å². The Morgan fingerprint density at radius 1 is 1.21 bits per heavy atom. The summed E-state index contributed by atoms with van der Waals surface area (Å²) in [7, 11) is 3.99. The molecule has 29 heavy (non-hydrogen) atoms. The van der Waals surface area contributed by atoms with Gasteiger partial charge in [0, 0.05) is 42.6 Å². The third-order valence-electron chi connectivity index (χ3n) is 4.64. The Labute approximate surface area is 172 Å². The molecule has 0 aliphatic carbocycles. The number of fused-ring (bicyclic) bond motifs is 1. The van der Waals surface area contributed by atoms with Crippen LogP contribution in [-0.2, 0) is 0 Å². The number of thiophene rings is 1. The quantitative estimate of drug-likeness (QED) is 0.546. The molecule has 0 saturated heterocycles. The summed E-state index contributed by atoms with van der Waals surface area (Å²) in [5, 5.41) is 14.1. The van der Waals surface area contributed by atoms with Crippen molar-refractivity contribution >= 4 is 28.6 Å². The van der Waals surface area contributed by atoms with Crippen molar-refractivity contribution < 1.29 is 4.79 Å². The number of nitriles is 1. The van der Waals surface area contributed by atoms with Crippen LogP contribution >= 0.6 is 11.3 Å². The van der Waals surface area contributed by atoms with E-state index in [0.29, 0.717) is 11.2 Å². The number of pyridine rings is 1. The zero-order valence-corrected chi connectivity index (χ0v) is 16.9. The Hall–Kier alpha value is -3.63. The van der Waals surface area contributed by atoms with Gasteiger partial charge in [0.05, 0.1) is 17.3 Å². The van der Waals surface area contributed by atoms with E-state index in [1.807, 2.05) is 77.6 Å². The van der Waals surface area contributed by atoms with E-state index in [1.54, 1.807) is 12.1 Å². The molecule has 3 heterocycles. The number of imidazole rings is 1. The van der Waals surface area contributed by atoms with Crippen LogP contribution in [0, 0.1) is 11.3 Å². The molecule has 0 saturated carbocycles. The molecule has 4 rings (SSSR count). The number of benzene rings is 1. The molecule has 0 fully saturated rings. The molecule has 7 heteroatoms. The summed E-state index contributed by atoms with van der Waals surface area (Å²) in [5.41, 5.74) is 3.85. The Kier molecular flexibility index (Phi) is 5.02. The van der Waals surface area contributed by atoms with Gasteiger partial charge in [-0.15, -0.1) is 11.3 Å². The van der Waals surface area contributed by atoms with Gasteiger partial charge < -0.3 is 14.6 Å². The van der Waals surface area contributed by atoms with Gasteiger partial charge in [0.25, 0.3) is 5.91 Å². The molecule has 1 atom stereocenters. The minimum Gasteiger partial charge on any atom is -0.378 e. The number of rotatable bonds is 5. The molecule has 0 radical (unpaired) electrons. The zero-order valence-electron chi connectivity index (χ0n) is 16.0. The topological polar surface area (TPSA) is 73.4 Å². The average Bonchev–Trinajstić information content (AvgIpc) is 3.41. The van der Waals surface area contributed by atoms with Gasteiger partial charge in [0.1, 0.15) is 5.65 Å². The van der Waals surface area contributed by atoms with Crippen molar-refractivity contribution in [3.8, 4) is 17.3 Å². The van der Waals surface area contributed by atoms with Gasteiger partial charge in [-0.25, -0.2) is 4.98 Å². The maximum atomic E-state index is 12.9. The minimum atomic E-state index is -0.684. The van der Waals surface area contributed by atoms with Crippen molar-refractivity contribution in [2.45, 2.75) is 6.04 Å². The normalized spacial score (nSPS) is 11.8. The molecule has 3 aromatic heterocycles. The van der Waals surface area contributed by atoms with Gasteiger partial charge in [-0.05, 0) is 35.7 Å². The van der Waals surface area contributed by atoms with Gasteiger partial charge >= 0.3 is 0 Å². The predicted octanol–water partition coefficient (Wildman–Crippen LogP) is 4.12. The molecular formula is C22H19N5OS. The number of hydrogen-bond donors (Lipinski definition) is 1. The van der Waals surface area contributed by atoms with E-state index in [0.717, 1.165) is 21.8 Å². The number of hydrogen-bond acceptors (Lipinski definition) is 5. The third kappa shape index (κ3) is 3.71. The van der Waals surface area contributed by atoms with Gasteiger partial charge in [0.2, 0.25) is 0 Å². The maximum Gasteiger partial charge on any atom is 0.256 e. The summed E-state index contributed by atoms with van der Waals surface area (Å²) in [6.45, 7) is 0. The Morgan fingerprint density at radius 3 is 2.66 bits per heavy atom. The number of nitrogens with zero attached hydrogens (tertiary/aromatic N) is 4. The summed E-state index contributed by atoms with van der Waals surface area (Å²) in [4.78, 5) is 20.4. The second kappa shape index (κ2) is 7.78. The molecule has 144 valence electrons. The maximum absolute atomic E-state index is 12.9. The Morgan fingerprint density at radius 2 is 2.00 bits per heavy atom. The largest absolute Gasteiger partial charge is 0.378 e. The Balaban J connectivity index is 1.66. The first-order chi connectivity index (χ1) is 14.1. The molecule has 1 amide bonds. The van der Waals surface area contributed by atoms with Crippen molar-refractivity contribution in [1.82, 2.24) is 14.7 Å². The van der Waals surface area contributed by atoms with Gasteiger partial charge in [-0.3, -0.25) is 4.79 Å². The summed E-state index contributed by atoms with van der Waals surface area (Å²) < 4.78 is 1.83. The highest BCUT2D eigenvalue weighted by molar-refractivity contribution is 7.10. The van der Waals surface area contributed by atoms with Crippen molar-refractivity contribution in [2.75, 3.05) is 19.0 Å². The van der Waals surface area contributed by atoms with Crippen LogP contribution in [0.5, 0.6) is 0 Å². The molecule has 0 aliphatic rings. The lowest BCUT2D eigenvalue weighted by atomic mass is 10.1. The van der Waals surface area contributed by atoms with Gasteiger partial charge in [0.15, 0.2) is 6.04 Å². The lowest BCUT2D eigenvalue weighted by Gasteiger charge is -2.12. The zero-order chi connectivity index (χ0) is 20.4. The average molecular weight is 401 g/mol. The number of carbonyl (C=O) groups excluding carboxylic acids is 1. The Bertz CT molecular complexity index is 1190. The van der Waals surface area contributed by atoms with E-state index in [9.17, 15) is 10.1 Å². The smallest absolute Gasteiger partial charge is 0.256 e. The molecule has 0 aliphatic heterocycles. The van der Waals surface area contributed by atoms with Crippen LogP contribution in [-0.4, -0.2) is 29.4 Å². The highest BCUT2D eigenvalue weighted by Crippen LogP contribution is 2.24. The fraction of sp³-hybridized carbons (Fsp3) is 0.136. The van der Waals surface area contributed by atoms with Crippen molar-refractivity contribution in [2.24, 2.45) is 0 Å². The van der Waals surface area contributed by atoms with Crippen LogP contribution < -0.4 is 10.2 Å². The van der Waals surface area contributed by atoms with Crippen LogP contribution in [0.1, 0.15) is 21.3 Å². The van der Waals surface area contributed by atoms with Crippen LogP contribution in [0.4, 0.5) is 5.69 Å². The number of carbonyl (C=O) groups is 1. The molecular weight excluding hydrogens is 382 g/mol. The second-order valence-corrected chi connectivity index (χ2v) is 7.75. The lowest BCUT2D eigenvalue weighted by Crippen LogP contribution is -2.27. The van der Waals surface area contributed by atoms with E-state index in [1.165, 1.54) is 11.3 Å². The summed E-state index contributed by atoms with van der Waals surface area (Å²) in [6.07, 6.45) is 3.76. The van der Waals surface area contributed by atoms with E-state index in [-0.39, 0.29) is 5.91 Å². The van der Waals surface area contributed by atoms with Gasteiger partial charge in [-0.2, -0.15) is 5.26 Å². The van der Waals surface area contributed by atoms with E-state index >= 15 is 0 Å². The van der Waals surface area contributed by atoms with Crippen LogP contribution in [0.25, 0.3) is 16.9 Å². The highest BCUT2D eigenvalue weighted by atomic mass is 32.1. The first kappa shape index (κ1) is 18.7. The fourth-order valence-electron chi connectivity index (χ4n) is 3.09. The fourth-order valence-corrected chi connectivity index (χ4v) is 3.81. The SMILES string of the molecule is CN(C)c1ccc(-c2cn3cccc(C(=O)NC(C#N)c4cccs4)c3n2)cc1. The predicted molar refractivity (Wildman–Crippen MR) is 115 cm³/mol. The number of nitrogens with one attached hydrogen (secondary N) is 1. The monoisotopic (exact) mass is 401 g/mol. The first-order valence-electron chi connectivity index (χ1n) is 9.06. The number of anilines is 1.